The number of nitrogens with one attached hydrogen (secondary N) is 1. The molecule has 0 aliphatic heterocycles. The molecular formula is C12H11ClFN3O2. The maximum absolute atomic E-state index is 13.7. The normalized spacial score (nSPS) is 10.5. The lowest BCUT2D eigenvalue weighted by Crippen LogP contribution is -2.10. The molecule has 1 heterocycles. The van der Waals surface area contributed by atoms with E-state index in [-0.39, 0.29) is 22.8 Å². The number of nitrogens with zero attached hydrogens (tertiary/aromatic N) is 2. The summed E-state index contributed by atoms with van der Waals surface area (Å²) in [5.41, 5.74) is 0.745. The summed E-state index contributed by atoms with van der Waals surface area (Å²) >= 11 is 5.66. The number of hydrogen-bond acceptors (Lipinski definition) is 3. The Morgan fingerprint density at radius 1 is 1.58 bits per heavy atom. The third-order valence-electron chi connectivity index (χ3n) is 2.69. The Bertz CT molecular complexity index is 627. The van der Waals surface area contributed by atoms with Crippen LogP contribution in [0.2, 0.25) is 5.02 Å². The highest BCUT2D eigenvalue weighted by Gasteiger charge is 2.15. The second-order valence-electron chi connectivity index (χ2n) is 3.89. The Balaban J connectivity index is 2.21. The molecule has 0 amide bonds. The average molecular weight is 284 g/mol. The number of aromatic nitrogens is 2. The van der Waals surface area contributed by atoms with Crippen molar-refractivity contribution in [2.75, 3.05) is 5.32 Å². The van der Waals surface area contributed by atoms with E-state index in [1.165, 1.54) is 23.0 Å². The molecule has 0 aliphatic carbocycles. The van der Waals surface area contributed by atoms with E-state index in [9.17, 15) is 9.18 Å². The van der Waals surface area contributed by atoms with Crippen LogP contribution in [0, 0.1) is 5.82 Å². The first-order chi connectivity index (χ1) is 9.00. The van der Waals surface area contributed by atoms with Crippen molar-refractivity contribution < 1.29 is 14.3 Å². The predicted molar refractivity (Wildman–Crippen MR) is 68.9 cm³/mol. The van der Waals surface area contributed by atoms with Gasteiger partial charge in [0.05, 0.1) is 29.1 Å². The maximum Gasteiger partial charge on any atom is 0.339 e. The molecule has 0 fully saturated rings. The van der Waals surface area contributed by atoms with Crippen LogP contribution in [0.1, 0.15) is 16.1 Å². The quantitative estimate of drug-likeness (QED) is 0.905. The van der Waals surface area contributed by atoms with E-state index in [2.05, 4.69) is 10.4 Å². The fourth-order valence-corrected chi connectivity index (χ4v) is 1.84. The number of aryl methyl sites for hydroxylation is 1. The van der Waals surface area contributed by atoms with Gasteiger partial charge >= 0.3 is 5.97 Å². The molecule has 2 rings (SSSR count). The summed E-state index contributed by atoms with van der Waals surface area (Å²) < 4.78 is 15.1. The number of hydrogen-bond donors (Lipinski definition) is 2. The van der Waals surface area contributed by atoms with E-state index in [1.54, 1.807) is 13.1 Å². The topological polar surface area (TPSA) is 67.2 Å². The monoisotopic (exact) mass is 283 g/mol. The number of carboxylic acids is 1. The van der Waals surface area contributed by atoms with Crippen molar-refractivity contribution in [1.82, 2.24) is 9.78 Å². The lowest BCUT2D eigenvalue weighted by Gasteiger charge is -2.09. The number of anilines is 1. The molecule has 5 nitrogen and oxygen atoms in total. The first kappa shape index (κ1) is 13.4. The third-order valence-corrected chi connectivity index (χ3v) is 2.98. The van der Waals surface area contributed by atoms with Crippen LogP contribution < -0.4 is 5.32 Å². The van der Waals surface area contributed by atoms with Crippen LogP contribution in [-0.4, -0.2) is 20.9 Å². The first-order valence-electron chi connectivity index (χ1n) is 5.42. The fourth-order valence-electron chi connectivity index (χ4n) is 1.67. The van der Waals surface area contributed by atoms with Gasteiger partial charge in [0.2, 0.25) is 0 Å². The zero-order valence-corrected chi connectivity index (χ0v) is 10.8. The van der Waals surface area contributed by atoms with Gasteiger partial charge in [-0.2, -0.15) is 5.10 Å². The van der Waals surface area contributed by atoms with E-state index < -0.39 is 11.8 Å². The Labute approximate surface area is 113 Å². The molecule has 0 bridgehead atoms. The van der Waals surface area contributed by atoms with Crippen LogP contribution in [0.4, 0.5) is 10.1 Å². The van der Waals surface area contributed by atoms with Crippen LogP contribution in [-0.2, 0) is 13.6 Å². The molecule has 1 aromatic heterocycles. The molecule has 19 heavy (non-hydrogen) atoms. The van der Waals surface area contributed by atoms with Crippen molar-refractivity contribution in [3.63, 3.8) is 0 Å². The van der Waals surface area contributed by atoms with Crippen molar-refractivity contribution >= 4 is 23.3 Å². The summed E-state index contributed by atoms with van der Waals surface area (Å²) in [4.78, 5) is 11.0. The number of benzene rings is 1. The summed E-state index contributed by atoms with van der Waals surface area (Å²) in [5.74, 6) is -1.64. The molecule has 1 aromatic carbocycles. The van der Waals surface area contributed by atoms with Crippen molar-refractivity contribution in [3.8, 4) is 0 Å². The van der Waals surface area contributed by atoms with Crippen LogP contribution in [0.3, 0.4) is 0 Å². The average Bonchev–Trinajstić information content (AvgIpc) is 2.73. The highest BCUT2D eigenvalue weighted by Crippen LogP contribution is 2.22. The van der Waals surface area contributed by atoms with Gasteiger partial charge in [-0.25, -0.2) is 9.18 Å². The molecule has 2 aromatic rings. The number of carboxylic acid groups (broad SMARTS) is 1. The van der Waals surface area contributed by atoms with Gasteiger partial charge < -0.3 is 10.4 Å². The lowest BCUT2D eigenvalue weighted by atomic mass is 10.2. The molecule has 0 saturated heterocycles. The maximum atomic E-state index is 13.7. The molecule has 0 radical (unpaired) electrons. The molecule has 0 aliphatic rings. The molecule has 100 valence electrons. The number of halogens is 2. The van der Waals surface area contributed by atoms with E-state index in [1.807, 2.05) is 0 Å². The minimum atomic E-state index is -1.07. The Kier molecular flexibility index (Phi) is 3.71. The molecule has 0 unspecified atom stereocenters. The minimum Gasteiger partial charge on any atom is -0.478 e. The third kappa shape index (κ3) is 2.68. The highest BCUT2D eigenvalue weighted by atomic mass is 35.5. The van der Waals surface area contributed by atoms with Crippen molar-refractivity contribution in [1.29, 1.82) is 0 Å². The van der Waals surface area contributed by atoms with E-state index >= 15 is 0 Å². The molecule has 0 atom stereocenters. The summed E-state index contributed by atoms with van der Waals surface area (Å²) in [6.45, 7) is 0.134. The molecular weight excluding hydrogens is 273 g/mol. The number of aromatic carboxylic acids is 1. The van der Waals surface area contributed by atoms with Crippen LogP contribution in [0.25, 0.3) is 0 Å². The summed E-state index contributed by atoms with van der Waals surface area (Å²) in [7, 11) is 1.62. The lowest BCUT2D eigenvalue weighted by molar-refractivity contribution is 0.0695. The van der Waals surface area contributed by atoms with Gasteiger partial charge in [-0.3, -0.25) is 4.68 Å². The summed E-state index contributed by atoms with van der Waals surface area (Å²) in [6, 6.07) is 4.57. The highest BCUT2D eigenvalue weighted by molar-refractivity contribution is 6.31. The summed E-state index contributed by atoms with van der Waals surface area (Å²) in [5, 5.41) is 15.7. The molecule has 7 heteroatoms. The van der Waals surface area contributed by atoms with E-state index in [4.69, 9.17) is 16.7 Å². The van der Waals surface area contributed by atoms with Crippen molar-refractivity contribution in [2.24, 2.45) is 7.05 Å². The SMILES string of the molecule is Cn1ncc(C(=O)O)c1CNc1cccc(Cl)c1F. The smallest absolute Gasteiger partial charge is 0.339 e. The first-order valence-corrected chi connectivity index (χ1v) is 5.80. The second kappa shape index (κ2) is 5.27. The Morgan fingerprint density at radius 2 is 2.32 bits per heavy atom. The van der Waals surface area contributed by atoms with Crippen molar-refractivity contribution in [2.45, 2.75) is 6.54 Å². The zero-order valence-electron chi connectivity index (χ0n) is 10.0. The van der Waals surface area contributed by atoms with E-state index in [0.717, 1.165) is 0 Å². The van der Waals surface area contributed by atoms with Crippen LogP contribution in [0.5, 0.6) is 0 Å². The van der Waals surface area contributed by atoms with Gasteiger partial charge in [0.25, 0.3) is 0 Å². The molecule has 0 saturated carbocycles. The van der Waals surface area contributed by atoms with E-state index in [0.29, 0.717) is 5.69 Å². The van der Waals surface area contributed by atoms with Gasteiger partial charge in [0, 0.05) is 7.05 Å². The largest absolute Gasteiger partial charge is 0.478 e. The van der Waals surface area contributed by atoms with Gasteiger partial charge in [0.1, 0.15) is 5.56 Å². The van der Waals surface area contributed by atoms with Crippen molar-refractivity contribution in [3.05, 3.63) is 46.5 Å². The van der Waals surface area contributed by atoms with Gasteiger partial charge in [0.15, 0.2) is 5.82 Å². The summed E-state index contributed by atoms with van der Waals surface area (Å²) in [6.07, 6.45) is 1.26. The van der Waals surface area contributed by atoms with Crippen LogP contribution in [0.15, 0.2) is 24.4 Å². The second-order valence-corrected chi connectivity index (χ2v) is 4.30. The molecule has 2 N–H and O–H groups in total. The fraction of sp³-hybridized carbons (Fsp3) is 0.167. The van der Waals surface area contributed by atoms with Gasteiger partial charge in [-0.1, -0.05) is 17.7 Å². The number of carbonyl (C=O) groups is 1. The predicted octanol–water partition coefficient (Wildman–Crippen LogP) is 2.52. The number of rotatable bonds is 4. The van der Waals surface area contributed by atoms with Gasteiger partial charge in [-0.05, 0) is 12.1 Å². The molecule has 0 spiro atoms. The Hall–Kier alpha value is -2.08. The van der Waals surface area contributed by atoms with Gasteiger partial charge in [-0.15, -0.1) is 0 Å². The van der Waals surface area contributed by atoms with Crippen LogP contribution >= 0.6 is 11.6 Å². The standard InChI is InChI=1S/C12H11ClFN3O2/c1-17-10(7(5-16-17)12(18)19)6-15-9-4-2-3-8(13)11(9)14/h2-5,15H,6H2,1H3,(H,18,19). The zero-order chi connectivity index (χ0) is 14.0. The Morgan fingerprint density at radius 3 is 3.00 bits per heavy atom. The minimum absolute atomic E-state index is 0.00784.